The Morgan fingerprint density at radius 2 is 1.90 bits per heavy atom. The van der Waals surface area contributed by atoms with E-state index in [4.69, 9.17) is 0 Å². The Bertz CT molecular complexity index is 695. The van der Waals surface area contributed by atoms with Gasteiger partial charge < -0.3 is 5.32 Å². The van der Waals surface area contributed by atoms with Gasteiger partial charge in [0.25, 0.3) is 0 Å². The summed E-state index contributed by atoms with van der Waals surface area (Å²) in [5, 5.41) is 4.56. The number of hydrogen-bond donors (Lipinski definition) is 1. The largest absolute Gasteiger partial charge is 0.313 e. The molecular weight excluding hydrogens is 246 g/mol. The van der Waals surface area contributed by atoms with Crippen LogP contribution in [0.15, 0.2) is 61.1 Å². The Labute approximate surface area is 118 Å². The molecule has 0 saturated carbocycles. The highest BCUT2D eigenvalue weighted by atomic mass is 14.9. The number of aromatic nitrogens is 2. The normalized spacial score (nSPS) is 12.4. The fourth-order valence-corrected chi connectivity index (χ4v) is 2.44. The molecule has 1 atom stereocenters. The first-order valence-electron chi connectivity index (χ1n) is 6.77. The number of nitrogens with one attached hydrogen (secondary N) is 1. The molecule has 3 heteroatoms. The first-order valence-corrected chi connectivity index (χ1v) is 6.77. The Balaban J connectivity index is 1.91. The molecule has 3 nitrogen and oxygen atoms in total. The summed E-state index contributed by atoms with van der Waals surface area (Å²) in [5.74, 6) is 0. The molecule has 0 fully saturated rings. The van der Waals surface area contributed by atoms with E-state index in [0.29, 0.717) is 0 Å². The van der Waals surface area contributed by atoms with E-state index in [9.17, 15) is 0 Å². The van der Waals surface area contributed by atoms with Gasteiger partial charge in [-0.1, -0.05) is 18.2 Å². The third kappa shape index (κ3) is 2.68. The average Bonchev–Trinajstić information content (AvgIpc) is 2.53. The number of likely N-dealkylation sites (N-methyl/N-ethyl adjacent to an activating group) is 1. The molecule has 0 bridgehead atoms. The van der Waals surface area contributed by atoms with Crippen LogP contribution < -0.4 is 5.32 Å². The van der Waals surface area contributed by atoms with Crippen LogP contribution in [0, 0.1) is 0 Å². The van der Waals surface area contributed by atoms with E-state index in [1.54, 1.807) is 0 Å². The molecule has 3 aromatic rings. The predicted molar refractivity (Wildman–Crippen MR) is 81.5 cm³/mol. The lowest BCUT2D eigenvalue weighted by Crippen LogP contribution is -2.18. The minimum Gasteiger partial charge on any atom is -0.313 e. The molecule has 1 N–H and O–H groups in total. The summed E-state index contributed by atoms with van der Waals surface area (Å²) >= 11 is 0. The minimum absolute atomic E-state index is 0.281. The molecule has 100 valence electrons. The number of pyridine rings is 2. The van der Waals surface area contributed by atoms with E-state index in [-0.39, 0.29) is 6.04 Å². The van der Waals surface area contributed by atoms with Crippen LogP contribution in [0.5, 0.6) is 0 Å². The van der Waals surface area contributed by atoms with E-state index in [2.05, 4.69) is 51.7 Å². The molecular formula is C17H17N3. The molecule has 2 aromatic heterocycles. The average molecular weight is 263 g/mol. The molecule has 20 heavy (non-hydrogen) atoms. The van der Waals surface area contributed by atoms with Gasteiger partial charge in [0.15, 0.2) is 0 Å². The molecule has 3 rings (SSSR count). The lowest BCUT2D eigenvalue weighted by atomic mass is 9.98. The summed E-state index contributed by atoms with van der Waals surface area (Å²) in [6.07, 6.45) is 6.45. The molecule has 0 aliphatic rings. The van der Waals surface area contributed by atoms with Crippen LogP contribution in [0.2, 0.25) is 0 Å². The minimum atomic E-state index is 0.281. The van der Waals surface area contributed by atoms with Crippen molar-refractivity contribution in [3.63, 3.8) is 0 Å². The van der Waals surface area contributed by atoms with Crippen LogP contribution in [0.1, 0.15) is 17.2 Å². The number of rotatable bonds is 4. The van der Waals surface area contributed by atoms with Crippen LogP contribution in [-0.4, -0.2) is 17.0 Å². The van der Waals surface area contributed by atoms with Crippen LogP contribution in [-0.2, 0) is 6.42 Å². The van der Waals surface area contributed by atoms with Gasteiger partial charge in [0.05, 0.1) is 5.52 Å². The molecule has 0 aliphatic heterocycles. The summed E-state index contributed by atoms with van der Waals surface area (Å²) < 4.78 is 0. The summed E-state index contributed by atoms with van der Waals surface area (Å²) in [7, 11) is 1.99. The standard InChI is InChI=1S/C17H17N3/c1-18-16(11-13-6-9-19-10-7-13)15-5-4-14-3-2-8-20-17(14)12-15/h2-10,12,16,18H,11H2,1H3. The summed E-state index contributed by atoms with van der Waals surface area (Å²) in [5.41, 5.74) is 3.58. The SMILES string of the molecule is CNC(Cc1ccncc1)c1ccc2cccnc2c1. The topological polar surface area (TPSA) is 37.8 Å². The van der Waals surface area contributed by atoms with Crippen molar-refractivity contribution in [2.45, 2.75) is 12.5 Å². The van der Waals surface area contributed by atoms with Crippen LogP contribution >= 0.6 is 0 Å². The van der Waals surface area contributed by atoms with Gasteiger partial charge in [-0.15, -0.1) is 0 Å². The fourth-order valence-electron chi connectivity index (χ4n) is 2.44. The third-order valence-corrected chi connectivity index (χ3v) is 3.57. The second kappa shape index (κ2) is 5.80. The van der Waals surface area contributed by atoms with E-state index in [1.807, 2.05) is 31.7 Å². The zero-order valence-electron chi connectivity index (χ0n) is 11.5. The van der Waals surface area contributed by atoms with E-state index in [0.717, 1.165) is 11.9 Å². The van der Waals surface area contributed by atoms with Crippen LogP contribution in [0.3, 0.4) is 0 Å². The van der Waals surface area contributed by atoms with Crippen molar-refractivity contribution >= 4 is 10.9 Å². The Kier molecular flexibility index (Phi) is 3.70. The van der Waals surface area contributed by atoms with E-state index < -0.39 is 0 Å². The Hall–Kier alpha value is -2.26. The quantitative estimate of drug-likeness (QED) is 0.786. The van der Waals surface area contributed by atoms with Crippen molar-refractivity contribution < 1.29 is 0 Å². The first-order chi connectivity index (χ1) is 9.86. The zero-order chi connectivity index (χ0) is 13.8. The maximum atomic E-state index is 4.43. The number of nitrogens with zero attached hydrogens (tertiary/aromatic N) is 2. The number of benzene rings is 1. The summed E-state index contributed by atoms with van der Waals surface area (Å²) in [6.45, 7) is 0. The summed E-state index contributed by atoms with van der Waals surface area (Å²) in [4.78, 5) is 8.49. The van der Waals surface area contributed by atoms with Gasteiger partial charge in [0.2, 0.25) is 0 Å². The van der Waals surface area contributed by atoms with Crippen molar-refractivity contribution in [1.29, 1.82) is 0 Å². The second-order valence-corrected chi connectivity index (χ2v) is 4.86. The van der Waals surface area contributed by atoms with Gasteiger partial charge in [-0.25, -0.2) is 0 Å². The van der Waals surface area contributed by atoms with Gasteiger partial charge in [0, 0.05) is 30.0 Å². The zero-order valence-corrected chi connectivity index (χ0v) is 11.5. The molecule has 0 saturated heterocycles. The fraction of sp³-hybridized carbons (Fsp3) is 0.176. The maximum absolute atomic E-state index is 4.43. The van der Waals surface area contributed by atoms with Crippen molar-refractivity contribution in [3.8, 4) is 0 Å². The van der Waals surface area contributed by atoms with Crippen LogP contribution in [0.25, 0.3) is 10.9 Å². The van der Waals surface area contributed by atoms with Crippen molar-refractivity contribution in [2.24, 2.45) is 0 Å². The second-order valence-electron chi connectivity index (χ2n) is 4.86. The van der Waals surface area contributed by atoms with Crippen molar-refractivity contribution in [1.82, 2.24) is 15.3 Å². The molecule has 1 unspecified atom stereocenters. The highest BCUT2D eigenvalue weighted by Gasteiger charge is 2.10. The molecule has 0 radical (unpaired) electrons. The predicted octanol–water partition coefficient (Wildman–Crippen LogP) is 3.13. The Morgan fingerprint density at radius 3 is 2.70 bits per heavy atom. The Morgan fingerprint density at radius 1 is 1.05 bits per heavy atom. The monoisotopic (exact) mass is 263 g/mol. The van der Waals surface area contributed by atoms with Crippen molar-refractivity contribution in [3.05, 3.63) is 72.2 Å². The van der Waals surface area contributed by atoms with Crippen molar-refractivity contribution in [2.75, 3.05) is 7.05 Å². The maximum Gasteiger partial charge on any atom is 0.0705 e. The number of fused-ring (bicyclic) bond motifs is 1. The lowest BCUT2D eigenvalue weighted by Gasteiger charge is -2.17. The first kappa shape index (κ1) is 12.8. The third-order valence-electron chi connectivity index (χ3n) is 3.57. The van der Waals surface area contributed by atoms with Gasteiger partial charge in [0.1, 0.15) is 0 Å². The highest BCUT2D eigenvalue weighted by Crippen LogP contribution is 2.21. The van der Waals surface area contributed by atoms with Gasteiger partial charge >= 0.3 is 0 Å². The molecule has 0 aliphatic carbocycles. The molecule has 2 heterocycles. The van der Waals surface area contributed by atoms with Gasteiger partial charge in [-0.2, -0.15) is 0 Å². The molecule has 1 aromatic carbocycles. The molecule has 0 amide bonds. The molecule has 0 spiro atoms. The van der Waals surface area contributed by atoms with Gasteiger partial charge in [-0.3, -0.25) is 9.97 Å². The lowest BCUT2D eigenvalue weighted by molar-refractivity contribution is 0.592. The smallest absolute Gasteiger partial charge is 0.0705 e. The van der Waals surface area contributed by atoms with E-state index >= 15 is 0 Å². The van der Waals surface area contributed by atoms with Crippen LogP contribution in [0.4, 0.5) is 0 Å². The van der Waals surface area contributed by atoms with E-state index in [1.165, 1.54) is 16.5 Å². The summed E-state index contributed by atoms with van der Waals surface area (Å²) in [6, 6.07) is 14.9. The highest BCUT2D eigenvalue weighted by molar-refractivity contribution is 5.79. The number of hydrogen-bond acceptors (Lipinski definition) is 3. The van der Waals surface area contributed by atoms with Gasteiger partial charge in [-0.05, 0) is 48.9 Å².